The second-order valence-corrected chi connectivity index (χ2v) is 7.07. The van der Waals surface area contributed by atoms with Crippen LogP contribution in [0.4, 0.5) is 0 Å². The lowest BCUT2D eigenvalue weighted by Gasteiger charge is -2.34. The molecule has 0 spiro atoms. The Morgan fingerprint density at radius 2 is 1.90 bits per heavy atom. The van der Waals surface area contributed by atoms with Crippen LogP contribution < -0.4 is 0 Å². The van der Waals surface area contributed by atoms with E-state index >= 15 is 0 Å². The summed E-state index contributed by atoms with van der Waals surface area (Å²) in [7, 11) is 0. The van der Waals surface area contributed by atoms with Crippen LogP contribution in [0.2, 0.25) is 0 Å². The van der Waals surface area contributed by atoms with Crippen LogP contribution in [-0.4, -0.2) is 28.7 Å². The molecule has 2 aromatic carbocycles. The molecule has 0 aliphatic carbocycles. The first kappa shape index (κ1) is 15.0. The van der Waals surface area contributed by atoms with E-state index in [0.29, 0.717) is 6.04 Å². The predicted molar refractivity (Wildman–Crippen MR) is 94.1 cm³/mol. The van der Waals surface area contributed by atoms with Gasteiger partial charge in [0.15, 0.2) is 0 Å². The molecule has 2 aromatic rings. The topological polar surface area (TPSA) is 20.3 Å². The van der Waals surface area contributed by atoms with Crippen LogP contribution in [0.3, 0.4) is 0 Å². The summed E-state index contributed by atoms with van der Waals surface area (Å²) in [6.07, 6.45) is 3.42. The lowest BCUT2D eigenvalue weighted by molar-refractivity contribution is 0.0642. The number of benzene rings is 2. The van der Waals surface area contributed by atoms with Crippen molar-refractivity contribution in [2.75, 3.05) is 11.9 Å². The van der Waals surface area contributed by atoms with Crippen molar-refractivity contribution >= 4 is 48.5 Å². The summed E-state index contributed by atoms with van der Waals surface area (Å²) in [5.41, 5.74) is 0.790. The molecule has 1 atom stereocenters. The van der Waals surface area contributed by atoms with Gasteiger partial charge in [-0.15, -0.1) is 0 Å². The van der Waals surface area contributed by atoms with Crippen molar-refractivity contribution in [2.45, 2.75) is 25.3 Å². The van der Waals surface area contributed by atoms with Gasteiger partial charge in [0.25, 0.3) is 5.91 Å². The van der Waals surface area contributed by atoms with Crippen molar-refractivity contribution in [3.63, 3.8) is 0 Å². The predicted octanol–water partition coefficient (Wildman–Crippen LogP) is 4.99. The van der Waals surface area contributed by atoms with Crippen LogP contribution in [0.1, 0.15) is 29.6 Å². The van der Waals surface area contributed by atoms with E-state index in [1.54, 1.807) is 0 Å². The Labute approximate surface area is 141 Å². The third-order valence-electron chi connectivity index (χ3n) is 4.12. The van der Waals surface area contributed by atoms with E-state index < -0.39 is 0 Å². The fourth-order valence-corrected chi connectivity index (χ4v) is 4.00. The van der Waals surface area contributed by atoms with E-state index in [4.69, 9.17) is 0 Å². The maximum atomic E-state index is 12.8. The largest absolute Gasteiger partial charge is 0.335 e. The Hall–Kier alpha value is -0.870. The molecule has 1 heterocycles. The van der Waals surface area contributed by atoms with E-state index in [2.05, 4.69) is 37.9 Å². The molecule has 21 heavy (non-hydrogen) atoms. The Morgan fingerprint density at radius 1 is 1.14 bits per heavy atom. The third-order valence-corrected chi connectivity index (χ3v) is 5.36. The minimum absolute atomic E-state index is 0.156. The highest BCUT2D eigenvalue weighted by molar-refractivity contribution is 9.10. The molecular formula is C17H17Br2NO. The second kappa shape index (κ2) is 6.49. The molecule has 1 saturated heterocycles. The molecule has 4 heteroatoms. The highest BCUT2D eigenvalue weighted by Crippen LogP contribution is 2.24. The van der Waals surface area contributed by atoms with Crippen molar-refractivity contribution in [1.82, 2.24) is 4.90 Å². The van der Waals surface area contributed by atoms with Crippen LogP contribution >= 0.6 is 31.9 Å². The van der Waals surface area contributed by atoms with Gasteiger partial charge in [0.2, 0.25) is 0 Å². The minimum atomic E-state index is 0.156. The SMILES string of the molecule is O=C(c1ccc2cc(Br)ccc2c1)N1CCCCC1CBr. The van der Waals surface area contributed by atoms with Crippen LogP contribution in [0, 0.1) is 0 Å². The van der Waals surface area contributed by atoms with Crippen LogP contribution in [0.25, 0.3) is 10.8 Å². The molecule has 2 nitrogen and oxygen atoms in total. The van der Waals surface area contributed by atoms with E-state index in [0.717, 1.165) is 45.5 Å². The van der Waals surface area contributed by atoms with Crippen molar-refractivity contribution in [3.8, 4) is 0 Å². The van der Waals surface area contributed by atoms with Gasteiger partial charge in [0.05, 0.1) is 0 Å². The molecular weight excluding hydrogens is 394 g/mol. The van der Waals surface area contributed by atoms with Crippen molar-refractivity contribution in [2.24, 2.45) is 0 Å². The molecule has 1 fully saturated rings. The van der Waals surface area contributed by atoms with E-state index in [9.17, 15) is 4.79 Å². The molecule has 0 bridgehead atoms. The van der Waals surface area contributed by atoms with Gasteiger partial charge in [-0.1, -0.05) is 44.0 Å². The molecule has 110 valence electrons. The van der Waals surface area contributed by atoms with Gasteiger partial charge in [-0.25, -0.2) is 0 Å². The number of carbonyl (C=O) groups excluding carboxylic acids is 1. The fraction of sp³-hybridized carbons (Fsp3) is 0.353. The molecule has 1 aliphatic heterocycles. The summed E-state index contributed by atoms with van der Waals surface area (Å²) in [6.45, 7) is 0.869. The average Bonchev–Trinajstić information content (AvgIpc) is 2.53. The number of rotatable bonds is 2. The van der Waals surface area contributed by atoms with Crippen molar-refractivity contribution in [1.29, 1.82) is 0 Å². The first-order valence-electron chi connectivity index (χ1n) is 7.25. The smallest absolute Gasteiger partial charge is 0.254 e. The maximum absolute atomic E-state index is 12.8. The minimum Gasteiger partial charge on any atom is -0.335 e. The summed E-state index contributed by atoms with van der Waals surface area (Å²) >= 11 is 7.02. The summed E-state index contributed by atoms with van der Waals surface area (Å²) < 4.78 is 1.06. The fourth-order valence-electron chi connectivity index (χ4n) is 2.94. The van der Waals surface area contributed by atoms with Gasteiger partial charge in [-0.2, -0.15) is 0 Å². The Morgan fingerprint density at radius 3 is 2.71 bits per heavy atom. The van der Waals surface area contributed by atoms with Gasteiger partial charge >= 0.3 is 0 Å². The summed E-state index contributed by atoms with van der Waals surface area (Å²) in [5.74, 6) is 0.156. The molecule has 1 unspecified atom stereocenters. The highest BCUT2D eigenvalue weighted by atomic mass is 79.9. The van der Waals surface area contributed by atoms with Crippen LogP contribution in [0.15, 0.2) is 40.9 Å². The number of fused-ring (bicyclic) bond motifs is 1. The van der Waals surface area contributed by atoms with Gasteiger partial charge in [0, 0.05) is 28.0 Å². The standard InChI is InChI=1S/C17H17Br2NO/c18-11-16-3-1-2-8-20(16)17(21)14-5-4-13-10-15(19)7-6-12(13)9-14/h4-7,9-10,16H,1-3,8,11H2. The van der Waals surface area contributed by atoms with Gasteiger partial charge in [0.1, 0.15) is 0 Å². The maximum Gasteiger partial charge on any atom is 0.254 e. The number of carbonyl (C=O) groups is 1. The average molecular weight is 411 g/mol. The zero-order valence-corrected chi connectivity index (χ0v) is 14.9. The number of hydrogen-bond acceptors (Lipinski definition) is 1. The summed E-state index contributed by atoms with van der Waals surface area (Å²) in [6, 6.07) is 12.4. The van der Waals surface area contributed by atoms with Crippen LogP contribution in [0.5, 0.6) is 0 Å². The van der Waals surface area contributed by atoms with Gasteiger partial charge in [-0.3, -0.25) is 4.79 Å². The number of halogens is 2. The molecule has 0 N–H and O–H groups in total. The number of piperidine rings is 1. The molecule has 1 aliphatic rings. The first-order chi connectivity index (χ1) is 10.2. The highest BCUT2D eigenvalue weighted by Gasteiger charge is 2.26. The summed E-state index contributed by atoms with van der Waals surface area (Å²) in [5, 5.41) is 3.12. The molecule has 0 saturated carbocycles. The second-order valence-electron chi connectivity index (χ2n) is 5.51. The molecule has 3 rings (SSSR count). The lowest BCUT2D eigenvalue weighted by atomic mass is 10.0. The third kappa shape index (κ3) is 3.16. The van der Waals surface area contributed by atoms with Gasteiger partial charge in [-0.05, 0) is 54.3 Å². The van der Waals surface area contributed by atoms with Crippen molar-refractivity contribution in [3.05, 3.63) is 46.4 Å². The quantitative estimate of drug-likeness (QED) is 0.638. The zero-order chi connectivity index (χ0) is 14.8. The van der Waals surface area contributed by atoms with E-state index in [-0.39, 0.29) is 5.91 Å². The molecule has 1 amide bonds. The number of alkyl halides is 1. The van der Waals surface area contributed by atoms with E-state index in [1.807, 2.05) is 35.2 Å². The Kier molecular flexibility index (Phi) is 4.65. The lowest BCUT2D eigenvalue weighted by Crippen LogP contribution is -2.44. The monoisotopic (exact) mass is 409 g/mol. The number of amides is 1. The molecule has 0 aromatic heterocycles. The van der Waals surface area contributed by atoms with Gasteiger partial charge < -0.3 is 4.90 Å². The normalized spacial score (nSPS) is 19.0. The molecule has 0 radical (unpaired) electrons. The summed E-state index contributed by atoms with van der Waals surface area (Å²) in [4.78, 5) is 14.8. The number of likely N-dealkylation sites (tertiary alicyclic amines) is 1. The number of nitrogens with zero attached hydrogens (tertiary/aromatic N) is 1. The zero-order valence-electron chi connectivity index (χ0n) is 11.7. The first-order valence-corrected chi connectivity index (χ1v) is 9.17. The van der Waals surface area contributed by atoms with E-state index in [1.165, 1.54) is 6.42 Å². The Balaban J connectivity index is 1.91. The number of hydrogen-bond donors (Lipinski definition) is 0. The van der Waals surface area contributed by atoms with Crippen LogP contribution in [-0.2, 0) is 0 Å². The Bertz CT molecular complexity index is 671. The van der Waals surface area contributed by atoms with Crippen molar-refractivity contribution < 1.29 is 4.79 Å².